The van der Waals surface area contributed by atoms with E-state index in [-0.39, 0.29) is 42.8 Å². The minimum atomic E-state index is -2.87. The Morgan fingerprint density at radius 1 is 1.19 bits per heavy atom. The second kappa shape index (κ2) is 10.3. The molecule has 1 saturated heterocycles. The van der Waals surface area contributed by atoms with Crippen LogP contribution in [0.3, 0.4) is 0 Å². The number of anilines is 1. The van der Waals surface area contributed by atoms with Gasteiger partial charge in [0.25, 0.3) is 5.91 Å². The molecule has 0 bridgehead atoms. The monoisotopic (exact) mass is 508 g/mol. The molecule has 2 aliphatic rings. The van der Waals surface area contributed by atoms with Crippen molar-refractivity contribution in [2.45, 2.75) is 50.2 Å². The van der Waals surface area contributed by atoms with Crippen LogP contribution in [0.15, 0.2) is 67.3 Å². The number of ether oxygens (including phenoxy) is 1. The summed E-state index contributed by atoms with van der Waals surface area (Å²) in [6, 6.07) is 17.2. The number of carbonyl (C=O) groups excluding carboxylic acids is 2. The van der Waals surface area contributed by atoms with Crippen LogP contribution in [-0.4, -0.2) is 60.7 Å². The predicted octanol–water partition coefficient (Wildman–Crippen LogP) is 3.43. The highest BCUT2D eigenvalue weighted by atomic mass is 28.4. The van der Waals surface area contributed by atoms with Gasteiger partial charge in [-0.25, -0.2) is 0 Å². The van der Waals surface area contributed by atoms with Gasteiger partial charge in [-0.2, -0.15) is 0 Å². The highest BCUT2D eigenvalue weighted by Gasteiger charge is 2.66. The minimum absolute atomic E-state index is 0.0253. The van der Waals surface area contributed by atoms with Crippen molar-refractivity contribution in [1.82, 2.24) is 4.90 Å². The van der Waals surface area contributed by atoms with E-state index in [1.54, 1.807) is 15.9 Å². The summed E-state index contributed by atoms with van der Waals surface area (Å²) in [6.07, 6.45) is 1.08. The summed E-state index contributed by atoms with van der Waals surface area (Å²) in [4.78, 5) is 42.1. The molecule has 2 aromatic carbocycles. The largest absolute Gasteiger partial charge is 0.432 e. The summed E-state index contributed by atoms with van der Waals surface area (Å²) in [7, 11) is -2.87. The molecule has 0 aromatic heterocycles. The average Bonchev–Trinajstić information content (AvgIpc) is 3.26. The molecule has 0 saturated carbocycles. The number of carbonyl (C=O) groups is 2. The van der Waals surface area contributed by atoms with Gasteiger partial charge in [0.15, 0.2) is 13.9 Å². The third-order valence-corrected chi connectivity index (χ3v) is 10.0. The molecule has 1 spiro atoms. The first kappa shape index (κ1) is 26.3. The van der Waals surface area contributed by atoms with Gasteiger partial charge in [0.1, 0.15) is 0 Å². The highest BCUT2D eigenvalue weighted by Crippen LogP contribution is 2.59. The summed E-state index contributed by atoms with van der Waals surface area (Å²) in [6.45, 7) is 10.2. The molecule has 0 radical (unpaired) electrons. The van der Waals surface area contributed by atoms with E-state index in [0.29, 0.717) is 13.1 Å². The SMILES string of the molecule is C=CCN1C(=O)[C@@]2(O[C@@H](CC(=O)N(CCO)Cc3ccccc3)[C@H]([Si](C)(C)O)[C@H]2C)c2ccccc21. The summed E-state index contributed by atoms with van der Waals surface area (Å²) in [5.74, 6) is -0.677. The number of hydrogen-bond acceptors (Lipinski definition) is 5. The zero-order valence-electron chi connectivity index (χ0n) is 21.3. The van der Waals surface area contributed by atoms with E-state index < -0.39 is 20.0 Å². The second-order valence-electron chi connectivity index (χ2n) is 10.3. The molecule has 2 N–H and O–H groups in total. The number of benzene rings is 2. The fraction of sp³-hybridized carbons (Fsp3) is 0.429. The lowest BCUT2D eigenvalue weighted by Crippen LogP contribution is -2.46. The first-order valence-electron chi connectivity index (χ1n) is 12.5. The van der Waals surface area contributed by atoms with Crippen LogP contribution in [0, 0.1) is 5.92 Å². The molecule has 4 atom stereocenters. The van der Waals surface area contributed by atoms with Gasteiger partial charge < -0.3 is 24.4 Å². The van der Waals surface area contributed by atoms with Gasteiger partial charge in [-0.15, -0.1) is 6.58 Å². The topological polar surface area (TPSA) is 90.3 Å². The third-order valence-electron chi connectivity index (χ3n) is 7.52. The smallest absolute Gasteiger partial charge is 0.264 e. The number of hydrogen-bond donors (Lipinski definition) is 2. The van der Waals surface area contributed by atoms with Crippen LogP contribution in [-0.2, 0) is 26.5 Å². The predicted molar refractivity (Wildman–Crippen MR) is 142 cm³/mol. The van der Waals surface area contributed by atoms with E-state index >= 15 is 0 Å². The number of aliphatic hydroxyl groups excluding tert-OH is 1. The lowest BCUT2D eigenvalue weighted by Gasteiger charge is -2.32. The molecule has 36 heavy (non-hydrogen) atoms. The van der Waals surface area contributed by atoms with Crippen molar-refractivity contribution in [3.8, 4) is 0 Å². The van der Waals surface area contributed by atoms with Crippen molar-refractivity contribution in [1.29, 1.82) is 0 Å². The molecule has 2 aromatic rings. The van der Waals surface area contributed by atoms with Crippen LogP contribution >= 0.6 is 0 Å². The molecular weight excluding hydrogens is 472 g/mol. The summed E-state index contributed by atoms with van der Waals surface area (Å²) in [5, 5.41) is 9.62. The van der Waals surface area contributed by atoms with Crippen molar-refractivity contribution >= 4 is 25.8 Å². The number of amides is 2. The van der Waals surface area contributed by atoms with Crippen molar-refractivity contribution in [2.24, 2.45) is 5.92 Å². The Morgan fingerprint density at radius 2 is 1.86 bits per heavy atom. The van der Waals surface area contributed by atoms with Crippen molar-refractivity contribution < 1.29 is 24.2 Å². The Kier molecular flexibility index (Phi) is 7.52. The minimum Gasteiger partial charge on any atom is -0.432 e. The highest BCUT2D eigenvalue weighted by molar-refractivity contribution is 6.71. The summed E-state index contributed by atoms with van der Waals surface area (Å²) in [5.41, 5.74) is 0.922. The molecule has 2 amide bonds. The molecule has 4 rings (SSSR count). The molecule has 0 unspecified atom stereocenters. The van der Waals surface area contributed by atoms with Crippen molar-refractivity contribution in [2.75, 3.05) is 24.6 Å². The van der Waals surface area contributed by atoms with E-state index in [1.165, 1.54) is 0 Å². The van der Waals surface area contributed by atoms with Crippen LogP contribution in [0.4, 0.5) is 5.69 Å². The van der Waals surface area contributed by atoms with Crippen LogP contribution in [0.5, 0.6) is 0 Å². The fourth-order valence-corrected chi connectivity index (χ4v) is 8.61. The first-order chi connectivity index (χ1) is 17.1. The molecule has 7 nitrogen and oxygen atoms in total. The van der Waals surface area contributed by atoms with Crippen LogP contribution in [0.1, 0.15) is 24.5 Å². The number of rotatable bonds is 9. The van der Waals surface area contributed by atoms with Gasteiger partial charge in [-0.05, 0) is 24.7 Å². The zero-order valence-corrected chi connectivity index (χ0v) is 22.3. The van der Waals surface area contributed by atoms with Gasteiger partial charge in [0, 0.05) is 36.7 Å². The lowest BCUT2D eigenvalue weighted by atomic mass is 9.82. The van der Waals surface area contributed by atoms with E-state index in [9.17, 15) is 19.5 Å². The third kappa shape index (κ3) is 4.54. The average molecular weight is 509 g/mol. The van der Waals surface area contributed by atoms with Crippen LogP contribution in [0.2, 0.25) is 18.6 Å². The number of aliphatic hydroxyl groups is 1. The molecular formula is C28H36N2O5Si. The Bertz CT molecular complexity index is 1120. The number of nitrogens with zero attached hydrogens (tertiary/aromatic N) is 2. The normalized spacial score (nSPS) is 25.3. The van der Waals surface area contributed by atoms with E-state index in [4.69, 9.17) is 4.74 Å². The van der Waals surface area contributed by atoms with E-state index in [2.05, 4.69) is 6.58 Å². The maximum atomic E-state index is 13.9. The summed E-state index contributed by atoms with van der Waals surface area (Å²) < 4.78 is 6.67. The maximum Gasteiger partial charge on any atom is 0.264 e. The molecule has 0 aliphatic carbocycles. The fourth-order valence-electron chi connectivity index (χ4n) is 6.06. The van der Waals surface area contributed by atoms with Gasteiger partial charge in [0.05, 0.1) is 24.8 Å². The Labute approximate surface area is 214 Å². The Balaban J connectivity index is 1.68. The maximum absolute atomic E-state index is 13.9. The first-order valence-corrected chi connectivity index (χ1v) is 15.5. The molecule has 1 fully saturated rings. The molecule has 2 heterocycles. The van der Waals surface area contributed by atoms with Crippen LogP contribution in [0.25, 0.3) is 0 Å². The van der Waals surface area contributed by atoms with Gasteiger partial charge in [0.2, 0.25) is 5.91 Å². The number of fused-ring (bicyclic) bond motifs is 2. The Morgan fingerprint density at radius 3 is 2.50 bits per heavy atom. The van der Waals surface area contributed by atoms with Gasteiger partial charge in [-0.1, -0.05) is 61.5 Å². The summed E-state index contributed by atoms with van der Waals surface area (Å²) >= 11 is 0. The standard InChI is InChI=1S/C28H36N2O5Si/c1-5-15-30-23-14-10-9-13-22(23)28(27(30)33)20(2)26(36(3,4)34)24(35-28)18-25(32)29(16-17-31)19-21-11-7-6-8-12-21/h5-14,20,24,26,31,34H,1,15-19H2,2-4H3/t20-,24+,26-,28+/m1/s1. The van der Waals surface area contributed by atoms with Crippen molar-refractivity contribution in [3.63, 3.8) is 0 Å². The molecule has 8 heteroatoms. The van der Waals surface area contributed by atoms with Crippen molar-refractivity contribution in [3.05, 3.63) is 78.4 Å². The lowest BCUT2D eigenvalue weighted by molar-refractivity contribution is -0.149. The second-order valence-corrected chi connectivity index (χ2v) is 14.3. The van der Waals surface area contributed by atoms with Crippen LogP contribution < -0.4 is 4.90 Å². The molecule has 2 aliphatic heterocycles. The van der Waals surface area contributed by atoms with Gasteiger partial charge >= 0.3 is 0 Å². The number of para-hydroxylation sites is 1. The quantitative estimate of drug-likeness (QED) is 0.400. The van der Waals surface area contributed by atoms with E-state index in [1.807, 2.05) is 74.6 Å². The zero-order chi connectivity index (χ0) is 26.1. The van der Waals surface area contributed by atoms with E-state index in [0.717, 1.165) is 16.8 Å². The molecule has 192 valence electrons. The van der Waals surface area contributed by atoms with Gasteiger partial charge in [-0.3, -0.25) is 9.59 Å². The Hall–Kier alpha value is -2.78.